The van der Waals surface area contributed by atoms with Gasteiger partial charge in [-0.15, -0.1) is 11.6 Å². The monoisotopic (exact) mass is 379 g/mol. The van der Waals surface area contributed by atoms with Gasteiger partial charge in [0.25, 0.3) is 0 Å². The summed E-state index contributed by atoms with van der Waals surface area (Å²) >= 11 is 5.61. The molecule has 6 heteroatoms. The van der Waals surface area contributed by atoms with Crippen LogP contribution in [0.4, 0.5) is 0 Å². The van der Waals surface area contributed by atoms with Gasteiger partial charge in [-0.3, -0.25) is 9.59 Å². The lowest BCUT2D eigenvalue weighted by atomic mass is 10.1. The molecule has 0 heterocycles. The van der Waals surface area contributed by atoms with Gasteiger partial charge in [-0.2, -0.15) is 5.26 Å². The van der Waals surface area contributed by atoms with Gasteiger partial charge >= 0.3 is 11.9 Å². The highest BCUT2D eigenvalue weighted by Crippen LogP contribution is 2.13. The molecule has 0 aliphatic rings. The molecule has 0 amide bonds. The van der Waals surface area contributed by atoms with Crippen molar-refractivity contribution < 1.29 is 19.1 Å². The first-order valence-electron chi connectivity index (χ1n) is 9.08. The Morgan fingerprint density at radius 2 is 1.50 bits per heavy atom. The molecular formula is C20H26ClNO4. The largest absolute Gasteiger partial charge is 0.466 e. The summed E-state index contributed by atoms with van der Waals surface area (Å²) in [4.78, 5) is 23.3. The molecule has 0 bridgehead atoms. The molecule has 0 aliphatic heterocycles. The number of hydrogen-bond acceptors (Lipinski definition) is 5. The predicted molar refractivity (Wildman–Crippen MR) is 100 cm³/mol. The van der Waals surface area contributed by atoms with Gasteiger partial charge in [0.05, 0.1) is 18.2 Å². The second kappa shape index (κ2) is 14.1. The number of carbonyl (C=O) groups excluding carboxylic acids is 2. The molecule has 0 aliphatic carbocycles. The number of alkyl halides is 1. The molecule has 26 heavy (non-hydrogen) atoms. The van der Waals surface area contributed by atoms with E-state index >= 15 is 0 Å². The first kappa shape index (κ1) is 22.0. The van der Waals surface area contributed by atoms with Crippen molar-refractivity contribution in [3.63, 3.8) is 0 Å². The second-order valence-corrected chi connectivity index (χ2v) is 6.37. The van der Waals surface area contributed by atoms with Crippen molar-refractivity contribution in [2.45, 2.75) is 57.8 Å². The second-order valence-electron chi connectivity index (χ2n) is 5.99. The quantitative estimate of drug-likeness (QED) is 0.214. The summed E-state index contributed by atoms with van der Waals surface area (Å²) in [5.41, 5.74) is 0.503. The highest BCUT2D eigenvalue weighted by atomic mass is 35.5. The molecule has 0 fully saturated rings. The zero-order valence-electron chi connectivity index (χ0n) is 15.0. The van der Waals surface area contributed by atoms with E-state index in [1.807, 2.05) is 6.07 Å². The van der Waals surface area contributed by atoms with Crippen LogP contribution in [0.3, 0.4) is 0 Å². The van der Waals surface area contributed by atoms with Gasteiger partial charge in [-0.1, -0.05) is 25.7 Å². The van der Waals surface area contributed by atoms with Crippen molar-refractivity contribution in [2.75, 3.05) is 12.5 Å². The van der Waals surface area contributed by atoms with E-state index < -0.39 is 5.97 Å². The molecule has 0 aromatic heterocycles. The van der Waals surface area contributed by atoms with Crippen molar-refractivity contribution in [1.82, 2.24) is 0 Å². The standard InChI is InChI=1S/C20H26ClNO4/c21-14-5-3-1-2-4-6-15-25-19(23)8-7-9-20(24)26-18-12-10-17(16-22)11-13-18/h10-13H,1-9,14-15H2. The number of hydrogen-bond donors (Lipinski definition) is 0. The van der Waals surface area contributed by atoms with Crippen LogP contribution in [-0.2, 0) is 14.3 Å². The number of carbonyl (C=O) groups is 2. The Kier molecular flexibility index (Phi) is 12.0. The van der Waals surface area contributed by atoms with Crippen molar-refractivity contribution in [2.24, 2.45) is 0 Å². The van der Waals surface area contributed by atoms with Gasteiger partial charge in [-0.05, 0) is 43.5 Å². The lowest BCUT2D eigenvalue weighted by molar-refractivity contribution is -0.144. The Labute approximate surface area is 160 Å². The fourth-order valence-electron chi connectivity index (χ4n) is 2.32. The molecule has 1 aromatic rings. The summed E-state index contributed by atoms with van der Waals surface area (Å²) < 4.78 is 10.3. The molecule has 1 aromatic carbocycles. The number of halogens is 1. The van der Waals surface area contributed by atoms with Crippen molar-refractivity contribution in [3.05, 3.63) is 29.8 Å². The zero-order chi connectivity index (χ0) is 19.0. The molecule has 0 atom stereocenters. The molecule has 0 spiro atoms. The minimum absolute atomic E-state index is 0.148. The van der Waals surface area contributed by atoms with Crippen molar-refractivity contribution >= 4 is 23.5 Å². The molecule has 142 valence electrons. The van der Waals surface area contributed by atoms with Crippen molar-refractivity contribution in [1.29, 1.82) is 5.26 Å². The van der Waals surface area contributed by atoms with E-state index in [1.165, 1.54) is 6.42 Å². The van der Waals surface area contributed by atoms with Gasteiger partial charge in [0.1, 0.15) is 5.75 Å². The van der Waals surface area contributed by atoms with Crippen LogP contribution in [0, 0.1) is 11.3 Å². The maximum Gasteiger partial charge on any atom is 0.311 e. The van der Waals surface area contributed by atoms with Crippen molar-refractivity contribution in [3.8, 4) is 11.8 Å². The Bertz CT molecular complexity index is 580. The van der Waals surface area contributed by atoms with Crippen LogP contribution in [0.5, 0.6) is 5.75 Å². The first-order chi connectivity index (χ1) is 12.7. The summed E-state index contributed by atoms with van der Waals surface area (Å²) in [5, 5.41) is 8.71. The fourth-order valence-corrected chi connectivity index (χ4v) is 2.51. The highest BCUT2D eigenvalue weighted by molar-refractivity contribution is 6.17. The van der Waals surface area contributed by atoms with Gasteiger partial charge in [-0.25, -0.2) is 0 Å². The topological polar surface area (TPSA) is 76.4 Å². The Balaban J connectivity index is 2.03. The van der Waals surface area contributed by atoms with E-state index in [-0.39, 0.29) is 18.8 Å². The van der Waals surface area contributed by atoms with E-state index in [1.54, 1.807) is 24.3 Å². The summed E-state index contributed by atoms with van der Waals surface area (Å²) in [6.45, 7) is 0.435. The van der Waals surface area contributed by atoms with Crippen LogP contribution in [0.2, 0.25) is 0 Å². The number of benzene rings is 1. The molecule has 0 saturated carbocycles. The van der Waals surface area contributed by atoms with Gasteiger partial charge in [0, 0.05) is 18.7 Å². The highest BCUT2D eigenvalue weighted by Gasteiger charge is 2.08. The molecule has 0 radical (unpaired) electrons. The van der Waals surface area contributed by atoms with Gasteiger partial charge in [0.2, 0.25) is 0 Å². The van der Waals surface area contributed by atoms with E-state index in [0.717, 1.165) is 38.0 Å². The number of esters is 2. The summed E-state index contributed by atoms with van der Waals surface area (Å²) in [5.74, 6) is 0.430. The van der Waals surface area contributed by atoms with E-state index in [0.29, 0.717) is 24.3 Å². The lowest BCUT2D eigenvalue weighted by Crippen LogP contribution is -2.10. The predicted octanol–water partition coefficient (Wildman–Crippen LogP) is 4.76. The normalized spacial score (nSPS) is 10.2. The summed E-state index contributed by atoms with van der Waals surface area (Å²) in [6, 6.07) is 8.30. The minimum atomic E-state index is -0.403. The number of rotatable bonds is 13. The average molecular weight is 380 g/mol. The zero-order valence-corrected chi connectivity index (χ0v) is 15.8. The maximum atomic E-state index is 11.7. The van der Waals surface area contributed by atoms with Crippen LogP contribution in [0.1, 0.15) is 63.4 Å². The Hall–Kier alpha value is -2.06. The molecule has 0 unspecified atom stereocenters. The smallest absolute Gasteiger partial charge is 0.311 e. The van der Waals surface area contributed by atoms with Crippen LogP contribution in [0.25, 0.3) is 0 Å². The third kappa shape index (κ3) is 10.7. The SMILES string of the molecule is N#Cc1ccc(OC(=O)CCCC(=O)OCCCCCCCCCl)cc1. The molecule has 5 nitrogen and oxygen atoms in total. The molecule has 1 rings (SSSR count). The third-order valence-electron chi connectivity index (χ3n) is 3.77. The summed E-state index contributed by atoms with van der Waals surface area (Å²) in [6.07, 6.45) is 7.18. The summed E-state index contributed by atoms with van der Waals surface area (Å²) in [7, 11) is 0. The Morgan fingerprint density at radius 1 is 0.885 bits per heavy atom. The van der Waals surface area contributed by atoms with Crippen LogP contribution >= 0.6 is 11.6 Å². The lowest BCUT2D eigenvalue weighted by Gasteiger charge is -2.06. The fraction of sp³-hybridized carbons (Fsp3) is 0.550. The van der Waals surface area contributed by atoms with E-state index in [4.69, 9.17) is 26.3 Å². The van der Waals surface area contributed by atoms with Crippen LogP contribution in [-0.4, -0.2) is 24.4 Å². The number of nitriles is 1. The first-order valence-corrected chi connectivity index (χ1v) is 9.61. The van der Waals surface area contributed by atoms with E-state index in [9.17, 15) is 9.59 Å². The van der Waals surface area contributed by atoms with E-state index in [2.05, 4.69) is 0 Å². The minimum Gasteiger partial charge on any atom is -0.466 e. The Morgan fingerprint density at radius 3 is 2.15 bits per heavy atom. The number of ether oxygens (including phenoxy) is 2. The average Bonchev–Trinajstić information content (AvgIpc) is 2.64. The molecule has 0 N–H and O–H groups in total. The maximum absolute atomic E-state index is 11.7. The van der Waals surface area contributed by atoms with Gasteiger partial charge in [0.15, 0.2) is 0 Å². The van der Waals surface area contributed by atoms with Crippen LogP contribution < -0.4 is 4.74 Å². The van der Waals surface area contributed by atoms with Crippen LogP contribution in [0.15, 0.2) is 24.3 Å². The molecule has 0 saturated heterocycles. The third-order valence-corrected chi connectivity index (χ3v) is 4.04. The number of nitrogens with zero attached hydrogens (tertiary/aromatic N) is 1. The molecular weight excluding hydrogens is 354 g/mol. The van der Waals surface area contributed by atoms with Gasteiger partial charge < -0.3 is 9.47 Å². The number of unbranched alkanes of at least 4 members (excludes halogenated alkanes) is 5.